The third-order valence-corrected chi connectivity index (χ3v) is 6.92. The van der Waals surface area contributed by atoms with Gasteiger partial charge < -0.3 is 5.32 Å². The molecule has 2 aliphatic rings. The van der Waals surface area contributed by atoms with Gasteiger partial charge in [0, 0.05) is 36.1 Å². The summed E-state index contributed by atoms with van der Waals surface area (Å²) in [6.45, 7) is 10.7. The van der Waals surface area contributed by atoms with Crippen molar-refractivity contribution in [3.8, 4) is 0 Å². The molecule has 1 aromatic heterocycles. The Morgan fingerprint density at radius 3 is 2.76 bits per heavy atom. The van der Waals surface area contributed by atoms with Crippen molar-refractivity contribution in [3.05, 3.63) is 20.8 Å². The van der Waals surface area contributed by atoms with Crippen molar-refractivity contribution in [2.75, 3.05) is 19.6 Å². The van der Waals surface area contributed by atoms with E-state index in [9.17, 15) is 0 Å². The molecule has 1 saturated carbocycles. The number of thiophene rings is 1. The van der Waals surface area contributed by atoms with Crippen LogP contribution >= 0.6 is 27.3 Å². The van der Waals surface area contributed by atoms with Gasteiger partial charge in [-0.05, 0) is 66.1 Å². The number of halogens is 1. The quantitative estimate of drug-likeness (QED) is 0.837. The van der Waals surface area contributed by atoms with Crippen LogP contribution in [0.15, 0.2) is 15.9 Å². The van der Waals surface area contributed by atoms with Gasteiger partial charge in [-0.2, -0.15) is 0 Å². The van der Waals surface area contributed by atoms with Crippen LogP contribution in [0, 0.1) is 11.8 Å². The molecular weight excluding hydrogens is 344 g/mol. The zero-order valence-electron chi connectivity index (χ0n) is 13.4. The molecule has 2 unspecified atom stereocenters. The lowest BCUT2D eigenvalue weighted by molar-refractivity contribution is 0.0536. The normalized spacial score (nSPS) is 31.0. The van der Waals surface area contributed by atoms with Crippen molar-refractivity contribution in [1.82, 2.24) is 10.2 Å². The average Bonchev–Trinajstić information content (AvgIpc) is 3.21. The van der Waals surface area contributed by atoms with Crippen LogP contribution in [-0.4, -0.2) is 36.1 Å². The van der Waals surface area contributed by atoms with Crippen molar-refractivity contribution in [1.29, 1.82) is 0 Å². The molecule has 0 radical (unpaired) electrons. The third kappa shape index (κ3) is 3.72. The highest BCUT2D eigenvalue weighted by Gasteiger charge is 2.46. The molecular formula is C17H27BrN2S. The minimum Gasteiger partial charge on any atom is -0.308 e. The maximum Gasteiger partial charge on any atom is 0.0701 e. The second-order valence-electron chi connectivity index (χ2n) is 7.31. The predicted octanol–water partition coefficient (Wildman–Crippen LogP) is 4.15. The first-order valence-electron chi connectivity index (χ1n) is 8.21. The molecule has 21 heavy (non-hydrogen) atoms. The van der Waals surface area contributed by atoms with Crippen LogP contribution in [0.1, 0.15) is 38.5 Å². The summed E-state index contributed by atoms with van der Waals surface area (Å²) in [5.74, 6) is 1.63. The van der Waals surface area contributed by atoms with Crippen LogP contribution in [0.3, 0.4) is 0 Å². The molecule has 1 aromatic rings. The van der Waals surface area contributed by atoms with E-state index in [1.54, 1.807) is 0 Å². The maximum atomic E-state index is 3.87. The van der Waals surface area contributed by atoms with Gasteiger partial charge in [-0.25, -0.2) is 0 Å². The van der Waals surface area contributed by atoms with E-state index in [2.05, 4.69) is 59.1 Å². The van der Waals surface area contributed by atoms with Crippen molar-refractivity contribution >= 4 is 27.3 Å². The molecule has 4 heteroatoms. The minimum atomic E-state index is 0.349. The molecule has 1 aliphatic heterocycles. The third-order valence-electron chi connectivity index (χ3n) is 5.24. The van der Waals surface area contributed by atoms with Gasteiger partial charge in [0.25, 0.3) is 0 Å². The first kappa shape index (κ1) is 16.0. The summed E-state index contributed by atoms with van der Waals surface area (Å²) in [6, 6.07) is 5.12. The lowest BCUT2D eigenvalue weighted by Gasteiger charge is -2.48. The van der Waals surface area contributed by atoms with E-state index < -0.39 is 0 Å². The lowest BCUT2D eigenvalue weighted by Crippen LogP contribution is -2.65. The Hall–Kier alpha value is 0.1000. The molecule has 2 nitrogen and oxygen atoms in total. The molecule has 0 aromatic carbocycles. The Bertz CT molecular complexity index is 483. The maximum absolute atomic E-state index is 3.87. The second-order valence-corrected chi connectivity index (χ2v) is 9.86. The number of nitrogens with one attached hydrogen (secondary N) is 1. The molecule has 2 atom stereocenters. The zero-order valence-corrected chi connectivity index (χ0v) is 15.8. The van der Waals surface area contributed by atoms with Crippen molar-refractivity contribution in [2.24, 2.45) is 11.8 Å². The first-order chi connectivity index (χ1) is 9.98. The summed E-state index contributed by atoms with van der Waals surface area (Å²) in [7, 11) is 0. The van der Waals surface area contributed by atoms with Crippen LogP contribution in [-0.2, 0) is 6.42 Å². The summed E-state index contributed by atoms with van der Waals surface area (Å²) >= 11 is 5.45. The van der Waals surface area contributed by atoms with E-state index >= 15 is 0 Å². The fourth-order valence-electron chi connectivity index (χ4n) is 3.70. The zero-order chi connectivity index (χ0) is 15.0. The average molecular weight is 371 g/mol. The number of rotatable bonds is 5. The van der Waals surface area contributed by atoms with Crippen molar-refractivity contribution in [3.63, 3.8) is 0 Å². The Kier molecular flexibility index (Phi) is 4.80. The molecule has 2 heterocycles. The van der Waals surface area contributed by atoms with E-state index in [1.165, 1.54) is 41.0 Å². The van der Waals surface area contributed by atoms with E-state index in [4.69, 9.17) is 0 Å². The van der Waals surface area contributed by atoms with Gasteiger partial charge in [0.1, 0.15) is 0 Å². The number of nitrogens with zero attached hydrogens (tertiary/aromatic N) is 1. The van der Waals surface area contributed by atoms with Crippen molar-refractivity contribution in [2.45, 2.75) is 51.6 Å². The fourth-order valence-corrected chi connectivity index (χ4v) is 5.17. The minimum absolute atomic E-state index is 0.349. The second kappa shape index (κ2) is 6.31. The van der Waals surface area contributed by atoms with Crippen LogP contribution in [0.5, 0.6) is 0 Å². The van der Waals surface area contributed by atoms with Crippen LogP contribution in [0.4, 0.5) is 0 Å². The molecule has 0 amide bonds. The topological polar surface area (TPSA) is 15.3 Å². The molecule has 0 bridgehead atoms. The number of hydrogen-bond donors (Lipinski definition) is 1. The van der Waals surface area contributed by atoms with Gasteiger partial charge in [-0.3, -0.25) is 4.90 Å². The Morgan fingerprint density at radius 1 is 1.43 bits per heavy atom. The fraction of sp³-hybridized carbons (Fsp3) is 0.765. The summed E-state index contributed by atoms with van der Waals surface area (Å²) in [4.78, 5) is 4.25. The Morgan fingerprint density at radius 2 is 2.19 bits per heavy atom. The smallest absolute Gasteiger partial charge is 0.0701 e. The Labute approximate surface area is 141 Å². The van der Waals surface area contributed by atoms with Gasteiger partial charge >= 0.3 is 0 Å². The van der Waals surface area contributed by atoms with E-state index in [-0.39, 0.29) is 0 Å². The van der Waals surface area contributed by atoms with Gasteiger partial charge in [0.15, 0.2) is 0 Å². The number of hydrogen-bond acceptors (Lipinski definition) is 3. The first-order valence-corrected chi connectivity index (χ1v) is 9.82. The summed E-state index contributed by atoms with van der Waals surface area (Å²) in [6.07, 6.45) is 4.02. The highest BCUT2D eigenvalue weighted by molar-refractivity contribution is 9.11. The van der Waals surface area contributed by atoms with Crippen molar-refractivity contribution < 1.29 is 0 Å². The lowest BCUT2D eigenvalue weighted by atomic mass is 9.88. The monoisotopic (exact) mass is 370 g/mol. The molecule has 1 N–H and O–H groups in total. The Balaban J connectivity index is 1.65. The van der Waals surface area contributed by atoms with Gasteiger partial charge in [0.2, 0.25) is 0 Å². The van der Waals surface area contributed by atoms with Crippen LogP contribution in [0.25, 0.3) is 0 Å². The predicted molar refractivity (Wildman–Crippen MR) is 95.1 cm³/mol. The molecule has 1 aliphatic carbocycles. The van der Waals surface area contributed by atoms with Crippen LogP contribution in [0.2, 0.25) is 0 Å². The molecule has 2 fully saturated rings. The molecule has 0 spiro atoms. The summed E-state index contributed by atoms with van der Waals surface area (Å²) in [5, 5.41) is 3.87. The number of piperazine rings is 1. The summed E-state index contributed by atoms with van der Waals surface area (Å²) in [5.41, 5.74) is 0.349. The molecule has 3 rings (SSSR count). The summed E-state index contributed by atoms with van der Waals surface area (Å²) < 4.78 is 1.25. The largest absolute Gasteiger partial charge is 0.308 e. The van der Waals surface area contributed by atoms with E-state index in [0.29, 0.717) is 11.6 Å². The molecule has 118 valence electrons. The molecule has 1 saturated heterocycles. The highest BCUT2D eigenvalue weighted by Crippen LogP contribution is 2.41. The SMILES string of the molecule is CC(C)C1CNC(C)(C2CC2)CN1CCc1ccc(Br)s1. The highest BCUT2D eigenvalue weighted by atomic mass is 79.9. The van der Waals surface area contributed by atoms with Crippen LogP contribution < -0.4 is 5.32 Å². The standard InChI is InChI=1S/C17H27BrN2S/c1-12(2)15-10-19-17(3,13-4-5-13)11-20(15)9-8-14-6-7-16(18)21-14/h6-7,12-13,15,19H,4-5,8-11H2,1-3H3. The van der Waals surface area contributed by atoms with E-state index in [1.807, 2.05) is 11.3 Å². The van der Waals surface area contributed by atoms with Gasteiger partial charge in [0.05, 0.1) is 3.79 Å². The van der Waals surface area contributed by atoms with E-state index in [0.717, 1.165) is 18.4 Å². The van der Waals surface area contributed by atoms with Gasteiger partial charge in [-0.15, -0.1) is 11.3 Å². The van der Waals surface area contributed by atoms with Gasteiger partial charge in [-0.1, -0.05) is 13.8 Å².